The van der Waals surface area contributed by atoms with Crippen LogP contribution in [0.3, 0.4) is 0 Å². The van der Waals surface area contributed by atoms with E-state index in [-0.39, 0.29) is 4.90 Å². The van der Waals surface area contributed by atoms with Gasteiger partial charge in [0, 0.05) is 7.11 Å². The minimum atomic E-state index is -4.18. The first-order chi connectivity index (χ1) is 6.77. The lowest BCUT2D eigenvalue weighted by atomic mass is 10.4. The molecule has 0 aliphatic heterocycles. The summed E-state index contributed by atoms with van der Waals surface area (Å²) in [5.74, 6) is 0. The van der Waals surface area contributed by atoms with Crippen LogP contribution in [-0.4, -0.2) is 33.4 Å². The predicted octanol–water partition coefficient (Wildman–Crippen LogP) is -0.149. The van der Waals surface area contributed by atoms with Crippen LogP contribution in [0.1, 0.15) is 0 Å². The highest BCUT2D eigenvalue weighted by Crippen LogP contribution is 2.08. The van der Waals surface area contributed by atoms with Gasteiger partial charge >= 0.3 is 8.56 Å². The molecule has 0 radical (unpaired) electrons. The molecule has 1 unspecified atom stereocenters. The van der Waals surface area contributed by atoms with Crippen molar-refractivity contribution in [2.24, 2.45) is 0 Å². The molecule has 0 aliphatic carbocycles. The minimum absolute atomic E-state index is 0.202. The number of hydrogen-bond donors (Lipinski definition) is 2. The Morgan fingerprint density at radius 2 is 1.73 bits per heavy atom. The number of rotatable bonds is 3. The quantitative estimate of drug-likeness (QED) is 0.574. The summed E-state index contributed by atoms with van der Waals surface area (Å²) in [6, 6.07) is 5.31. The molecule has 84 valence electrons. The van der Waals surface area contributed by atoms with E-state index >= 15 is 0 Å². The molecule has 7 heteroatoms. The fourth-order valence-electron chi connectivity index (χ4n) is 1.05. The Morgan fingerprint density at radius 1 is 1.27 bits per heavy atom. The summed E-state index contributed by atoms with van der Waals surface area (Å²) in [4.78, 5) is 9.59. The van der Waals surface area contributed by atoms with Gasteiger partial charge in [-0.05, 0) is 23.9 Å². The molecule has 0 saturated heterocycles. The number of benzene rings is 1. The average Bonchev–Trinajstić information content (AvgIpc) is 2.17. The van der Waals surface area contributed by atoms with Gasteiger partial charge in [0.1, 0.15) is 0 Å². The molecule has 0 saturated carbocycles. The molecule has 0 heterocycles. The number of hydrogen-bond acceptors (Lipinski definition) is 4. The third-order valence-electron chi connectivity index (χ3n) is 2.09. The van der Waals surface area contributed by atoms with Crippen LogP contribution in [0.5, 0.6) is 0 Å². The molecular formula is C8H12O5SSi. The van der Waals surface area contributed by atoms with Gasteiger partial charge < -0.3 is 9.22 Å². The maximum atomic E-state index is 10.7. The van der Waals surface area contributed by atoms with E-state index in [0.717, 1.165) is 0 Å². The van der Waals surface area contributed by atoms with Gasteiger partial charge in [0.2, 0.25) is 0 Å². The molecule has 15 heavy (non-hydrogen) atoms. The van der Waals surface area contributed by atoms with Crippen molar-refractivity contribution in [3.63, 3.8) is 0 Å². The van der Waals surface area contributed by atoms with Crippen LogP contribution in [0.4, 0.5) is 0 Å². The zero-order valence-electron chi connectivity index (χ0n) is 8.34. The zero-order chi connectivity index (χ0) is 11.7. The van der Waals surface area contributed by atoms with Crippen LogP contribution < -0.4 is 5.19 Å². The van der Waals surface area contributed by atoms with Crippen molar-refractivity contribution >= 4 is 23.9 Å². The second-order valence-corrected chi connectivity index (χ2v) is 7.56. The molecule has 0 bridgehead atoms. The van der Waals surface area contributed by atoms with E-state index in [0.29, 0.717) is 5.19 Å². The molecule has 0 fully saturated rings. The SMILES string of the molecule is CO[Si](C)(O)c1ccc(S(=O)(=O)O)cc1. The second-order valence-electron chi connectivity index (χ2n) is 3.19. The van der Waals surface area contributed by atoms with Gasteiger partial charge in [0.05, 0.1) is 4.90 Å². The first-order valence-corrected chi connectivity index (χ1v) is 7.92. The molecule has 0 amide bonds. The van der Waals surface area contributed by atoms with Crippen molar-refractivity contribution in [1.29, 1.82) is 0 Å². The predicted molar refractivity (Wildman–Crippen MR) is 56.7 cm³/mol. The normalized spacial score (nSPS) is 16.0. The van der Waals surface area contributed by atoms with Gasteiger partial charge in [-0.25, -0.2) is 0 Å². The average molecular weight is 248 g/mol. The summed E-state index contributed by atoms with van der Waals surface area (Å²) >= 11 is 0. The fraction of sp³-hybridized carbons (Fsp3) is 0.250. The molecule has 0 spiro atoms. The lowest BCUT2D eigenvalue weighted by Crippen LogP contribution is -2.47. The van der Waals surface area contributed by atoms with Crippen molar-refractivity contribution in [2.45, 2.75) is 11.4 Å². The van der Waals surface area contributed by atoms with E-state index in [1.54, 1.807) is 6.55 Å². The van der Waals surface area contributed by atoms with Crippen LogP contribution in [0.25, 0.3) is 0 Å². The van der Waals surface area contributed by atoms with E-state index in [1.165, 1.54) is 31.4 Å². The topological polar surface area (TPSA) is 83.8 Å². The molecule has 2 N–H and O–H groups in total. The van der Waals surface area contributed by atoms with Crippen LogP contribution in [-0.2, 0) is 14.5 Å². The van der Waals surface area contributed by atoms with Crippen molar-refractivity contribution < 1.29 is 22.2 Å². The molecule has 5 nitrogen and oxygen atoms in total. The van der Waals surface area contributed by atoms with Gasteiger partial charge in [-0.1, -0.05) is 12.1 Å². The van der Waals surface area contributed by atoms with Crippen LogP contribution in [0, 0.1) is 0 Å². The summed E-state index contributed by atoms with van der Waals surface area (Å²) in [6.07, 6.45) is 0. The Bertz CT molecular complexity index is 437. The first kappa shape index (κ1) is 12.3. The maximum absolute atomic E-state index is 10.7. The van der Waals surface area contributed by atoms with Gasteiger partial charge in [-0.2, -0.15) is 8.42 Å². The monoisotopic (exact) mass is 248 g/mol. The Hall–Kier alpha value is -0.733. The standard InChI is InChI=1S/C8H12O5SSi/c1-13-15(2,12)8-5-3-7(4-6-8)14(9,10)11/h3-6,12H,1-2H3,(H,9,10,11). The van der Waals surface area contributed by atoms with Crippen molar-refractivity contribution in [1.82, 2.24) is 0 Å². The van der Waals surface area contributed by atoms with E-state index in [4.69, 9.17) is 8.98 Å². The summed E-state index contributed by atoms with van der Waals surface area (Å²) in [6.45, 7) is 1.56. The second kappa shape index (κ2) is 4.03. The Kier molecular flexibility index (Phi) is 3.31. The molecule has 0 aliphatic rings. The lowest BCUT2D eigenvalue weighted by Gasteiger charge is -2.17. The van der Waals surface area contributed by atoms with E-state index in [2.05, 4.69) is 0 Å². The summed E-state index contributed by atoms with van der Waals surface area (Å²) < 4.78 is 35.1. The highest BCUT2D eigenvalue weighted by atomic mass is 32.2. The summed E-state index contributed by atoms with van der Waals surface area (Å²) in [7, 11) is -5.70. The first-order valence-electron chi connectivity index (χ1n) is 4.13. The van der Waals surface area contributed by atoms with E-state index in [9.17, 15) is 13.2 Å². The zero-order valence-corrected chi connectivity index (χ0v) is 10.2. The van der Waals surface area contributed by atoms with Gasteiger partial charge in [0.25, 0.3) is 10.1 Å². The fourth-order valence-corrected chi connectivity index (χ4v) is 2.55. The summed E-state index contributed by atoms with van der Waals surface area (Å²) in [5, 5.41) is 0.539. The Balaban J connectivity index is 3.12. The van der Waals surface area contributed by atoms with Gasteiger partial charge in [-0.3, -0.25) is 4.55 Å². The minimum Gasteiger partial charge on any atom is -0.407 e. The molecule has 1 atom stereocenters. The lowest BCUT2D eigenvalue weighted by molar-refractivity contribution is 0.313. The molecule has 1 rings (SSSR count). The smallest absolute Gasteiger partial charge is 0.366 e. The third kappa shape index (κ3) is 2.86. The van der Waals surface area contributed by atoms with Gasteiger partial charge in [0.15, 0.2) is 0 Å². The van der Waals surface area contributed by atoms with Crippen molar-refractivity contribution in [3.8, 4) is 0 Å². The molecular weight excluding hydrogens is 236 g/mol. The Labute approximate surface area is 89.3 Å². The molecule has 1 aromatic carbocycles. The van der Waals surface area contributed by atoms with Crippen LogP contribution in [0.2, 0.25) is 6.55 Å². The van der Waals surface area contributed by atoms with E-state index < -0.39 is 18.7 Å². The molecule has 1 aromatic rings. The largest absolute Gasteiger partial charge is 0.407 e. The summed E-state index contributed by atoms with van der Waals surface area (Å²) in [5.41, 5.74) is 0. The van der Waals surface area contributed by atoms with Crippen LogP contribution >= 0.6 is 0 Å². The maximum Gasteiger partial charge on any atom is 0.366 e. The highest BCUT2D eigenvalue weighted by Gasteiger charge is 2.28. The van der Waals surface area contributed by atoms with Crippen molar-refractivity contribution in [3.05, 3.63) is 24.3 Å². The van der Waals surface area contributed by atoms with Crippen molar-refractivity contribution in [2.75, 3.05) is 7.11 Å². The van der Waals surface area contributed by atoms with Crippen LogP contribution in [0.15, 0.2) is 29.2 Å². The highest BCUT2D eigenvalue weighted by molar-refractivity contribution is 7.85. The van der Waals surface area contributed by atoms with Gasteiger partial charge in [-0.15, -0.1) is 0 Å². The van der Waals surface area contributed by atoms with E-state index in [1.807, 2.05) is 0 Å². The third-order valence-corrected chi connectivity index (χ3v) is 5.15. The Morgan fingerprint density at radius 3 is 2.07 bits per heavy atom. The molecule has 0 aromatic heterocycles.